The Morgan fingerprint density at radius 3 is 1.08 bits per heavy atom. The molecular formula is C22H17F18N9O3. The number of hydrogen-bond donors (Lipinski definition) is 1. The van der Waals surface area contributed by atoms with Gasteiger partial charge in [-0.05, 0) is 0 Å². The van der Waals surface area contributed by atoms with Crippen LogP contribution in [-0.4, -0.2) is 118 Å². The summed E-state index contributed by atoms with van der Waals surface area (Å²) in [5.74, 6) is -2.53. The third kappa shape index (κ3) is 11.1. The van der Waals surface area contributed by atoms with Crippen molar-refractivity contribution in [3.8, 4) is 18.0 Å². The summed E-state index contributed by atoms with van der Waals surface area (Å²) >= 11 is 0. The van der Waals surface area contributed by atoms with Crippen molar-refractivity contribution in [2.75, 3.05) is 47.8 Å². The molecule has 1 saturated heterocycles. The lowest BCUT2D eigenvalue weighted by Gasteiger charge is -2.35. The van der Waals surface area contributed by atoms with Gasteiger partial charge in [0.1, 0.15) is 0 Å². The largest absolute Gasteiger partial charge is 0.440 e. The number of nitrogens with one attached hydrogen (secondary N) is 1. The van der Waals surface area contributed by atoms with Crippen LogP contribution in [0.5, 0.6) is 18.0 Å². The fourth-order valence-corrected chi connectivity index (χ4v) is 3.74. The van der Waals surface area contributed by atoms with Crippen LogP contribution in [0.3, 0.4) is 0 Å². The molecule has 1 aliphatic rings. The number of hydrogen-bond acceptors (Lipinski definition) is 12. The number of halogens is 18. The Morgan fingerprint density at radius 2 is 0.788 bits per heavy atom. The molecule has 0 unspecified atom stereocenters. The molecule has 0 amide bonds. The van der Waals surface area contributed by atoms with Gasteiger partial charge in [-0.15, -0.1) is 11.6 Å². The summed E-state index contributed by atoms with van der Waals surface area (Å²) in [6.07, 6.45) is -49.9. The van der Waals surface area contributed by atoms with E-state index in [1.807, 2.05) is 0 Å². The van der Waals surface area contributed by atoms with E-state index in [2.05, 4.69) is 56.0 Å². The minimum absolute atomic E-state index is 0.208. The molecule has 1 N–H and O–H groups in total. The van der Waals surface area contributed by atoms with Gasteiger partial charge in [0, 0.05) is 32.7 Å². The van der Waals surface area contributed by atoms with Gasteiger partial charge in [-0.25, -0.2) is 0 Å². The van der Waals surface area contributed by atoms with E-state index in [-0.39, 0.29) is 6.54 Å². The second kappa shape index (κ2) is 14.7. The normalized spacial score (nSPS) is 15.4. The molecule has 294 valence electrons. The zero-order valence-corrected chi connectivity index (χ0v) is 24.7. The SMILES string of the molecule is C=CCNc1nc(OC(C(F)(F)F)C(F)(F)F)nc(N2CCN(c3nc(OC(C(F)(F)F)C(F)(F)F)nc(OC(C(F)(F)F)C(F)(F)F)n3)CC2)n1. The minimum atomic E-state index is -6.27. The molecule has 1 aliphatic heterocycles. The fourth-order valence-electron chi connectivity index (χ4n) is 3.74. The highest BCUT2D eigenvalue weighted by atomic mass is 19.4. The monoisotopic (exact) mass is 797 g/mol. The van der Waals surface area contributed by atoms with Crippen LogP contribution in [0.1, 0.15) is 0 Å². The van der Waals surface area contributed by atoms with Gasteiger partial charge in [0.2, 0.25) is 17.8 Å². The average molecular weight is 797 g/mol. The summed E-state index contributed by atoms with van der Waals surface area (Å²) in [6, 6.07) is -5.69. The standard InChI is InChI=1S/C22H17F18N9O3/c1-2-3-41-11-42-12(44-14(43-11)50-8(17(23,24)25)18(26,27)28)48-4-6-49(7-5-48)13-45-15(51-9(19(29,30)31)20(32,33)34)47-16(46-13)52-10(21(35,36)37)22(38,39)40/h2,8-10H,1,3-7H2,(H,41,42,43,44). The van der Waals surface area contributed by atoms with Crippen molar-refractivity contribution in [1.29, 1.82) is 0 Å². The Balaban J connectivity index is 1.99. The fraction of sp³-hybridized carbons (Fsp3) is 0.636. The first-order valence-electron chi connectivity index (χ1n) is 13.3. The smallest absolute Gasteiger partial charge is 0.434 e. The van der Waals surface area contributed by atoms with Crippen molar-refractivity contribution in [2.45, 2.75) is 55.4 Å². The van der Waals surface area contributed by atoms with Crippen molar-refractivity contribution >= 4 is 17.8 Å². The molecule has 0 radical (unpaired) electrons. The lowest BCUT2D eigenvalue weighted by atomic mass is 10.3. The van der Waals surface area contributed by atoms with E-state index in [0.29, 0.717) is 0 Å². The Morgan fingerprint density at radius 1 is 0.500 bits per heavy atom. The molecule has 0 aromatic carbocycles. The molecule has 0 aliphatic carbocycles. The topological polar surface area (TPSA) is 124 Å². The predicted octanol–water partition coefficient (Wildman–Crippen LogP) is 5.60. The number of ether oxygens (including phenoxy) is 3. The predicted molar refractivity (Wildman–Crippen MR) is 132 cm³/mol. The van der Waals surface area contributed by atoms with Gasteiger partial charge in [0.05, 0.1) is 0 Å². The van der Waals surface area contributed by atoms with Crippen LogP contribution < -0.4 is 29.3 Å². The summed E-state index contributed by atoms with van der Waals surface area (Å²) in [5.41, 5.74) is 0. The van der Waals surface area contributed by atoms with Crippen LogP contribution >= 0.6 is 0 Å². The lowest BCUT2D eigenvalue weighted by Crippen LogP contribution is -2.49. The van der Waals surface area contributed by atoms with Crippen molar-refractivity contribution in [3.63, 3.8) is 0 Å². The molecule has 52 heavy (non-hydrogen) atoms. The number of anilines is 3. The van der Waals surface area contributed by atoms with Crippen molar-refractivity contribution in [3.05, 3.63) is 12.7 Å². The molecule has 30 heteroatoms. The Kier molecular flexibility index (Phi) is 11.8. The number of nitrogens with zero attached hydrogens (tertiary/aromatic N) is 8. The molecule has 0 spiro atoms. The van der Waals surface area contributed by atoms with E-state index in [1.165, 1.54) is 6.08 Å². The zero-order valence-electron chi connectivity index (χ0n) is 24.7. The van der Waals surface area contributed by atoms with Gasteiger partial charge >= 0.3 is 55.1 Å². The van der Waals surface area contributed by atoms with Crippen molar-refractivity contribution in [2.24, 2.45) is 0 Å². The highest BCUT2D eigenvalue weighted by Gasteiger charge is 2.62. The first kappa shape index (κ1) is 41.7. The highest BCUT2D eigenvalue weighted by Crippen LogP contribution is 2.39. The summed E-state index contributed by atoms with van der Waals surface area (Å²) in [7, 11) is 0. The summed E-state index contributed by atoms with van der Waals surface area (Å²) in [5, 5.41) is 2.35. The van der Waals surface area contributed by atoms with E-state index in [1.54, 1.807) is 0 Å². The molecule has 3 heterocycles. The summed E-state index contributed by atoms with van der Waals surface area (Å²) in [4.78, 5) is 21.1. The number of aromatic nitrogens is 6. The zero-order chi connectivity index (χ0) is 39.7. The maximum Gasteiger partial charge on any atom is 0.434 e. The molecular weight excluding hydrogens is 780 g/mol. The molecule has 0 bridgehead atoms. The molecule has 1 fully saturated rings. The van der Waals surface area contributed by atoms with Crippen molar-refractivity contribution in [1.82, 2.24) is 29.9 Å². The number of rotatable bonds is 11. The molecule has 3 rings (SSSR count). The van der Waals surface area contributed by atoms with Gasteiger partial charge in [0.25, 0.3) is 18.3 Å². The number of piperazine rings is 1. The molecule has 2 aromatic rings. The van der Waals surface area contributed by atoms with E-state index < -0.39 is 117 Å². The van der Waals surface area contributed by atoms with Gasteiger partial charge in [-0.3, -0.25) is 0 Å². The van der Waals surface area contributed by atoms with Crippen LogP contribution in [0.2, 0.25) is 0 Å². The molecule has 0 saturated carbocycles. The quantitative estimate of drug-likeness (QED) is 0.225. The number of alkyl halides is 18. The van der Waals surface area contributed by atoms with E-state index in [4.69, 9.17) is 0 Å². The lowest BCUT2D eigenvalue weighted by molar-refractivity contribution is -0.303. The van der Waals surface area contributed by atoms with E-state index in [9.17, 15) is 79.0 Å². The van der Waals surface area contributed by atoms with Gasteiger partial charge < -0.3 is 29.3 Å². The maximum atomic E-state index is 13.1. The van der Waals surface area contributed by atoms with Gasteiger partial charge in [-0.2, -0.15) is 104 Å². The average Bonchev–Trinajstić information content (AvgIpc) is 2.97. The Bertz CT molecular complexity index is 1430. The second-order valence-corrected chi connectivity index (χ2v) is 9.83. The highest BCUT2D eigenvalue weighted by molar-refractivity contribution is 5.42. The van der Waals surface area contributed by atoms with Crippen LogP contribution in [0.15, 0.2) is 12.7 Å². The van der Waals surface area contributed by atoms with Crippen LogP contribution in [0.25, 0.3) is 0 Å². The second-order valence-electron chi connectivity index (χ2n) is 9.83. The van der Waals surface area contributed by atoms with Crippen LogP contribution in [-0.2, 0) is 0 Å². The van der Waals surface area contributed by atoms with Gasteiger partial charge in [-0.1, -0.05) is 6.08 Å². The summed E-state index contributed by atoms with van der Waals surface area (Å²) < 4.78 is 247. The first-order chi connectivity index (χ1) is 23.5. The van der Waals surface area contributed by atoms with Crippen molar-refractivity contribution < 1.29 is 93.2 Å². The Labute approximate surface area is 275 Å². The molecule has 2 aromatic heterocycles. The summed E-state index contributed by atoms with van der Waals surface area (Å²) in [6.45, 7) is 0.782. The molecule has 0 atom stereocenters. The third-order valence-corrected chi connectivity index (χ3v) is 5.89. The Hall–Kier alpha value is -4.70. The third-order valence-electron chi connectivity index (χ3n) is 5.89. The van der Waals surface area contributed by atoms with E-state index in [0.717, 1.165) is 9.80 Å². The van der Waals surface area contributed by atoms with Crippen LogP contribution in [0, 0.1) is 0 Å². The molecule has 12 nitrogen and oxygen atoms in total. The van der Waals surface area contributed by atoms with E-state index >= 15 is 0 Å². The minimum Gasteiger partial charge on any atom is -0.440 e. The van der Waals surface area contributed by atoms with Crippen LogP contribution in [0.4, 0.5) is 96.9 Å². The first-order valence-corrected chi connectivity index (χ1v) is 13.3. The van der Waals surface area contributed by atoms with Gasteiger partial charge in [0.15, 0.2) is 0 Å². The maximum absolute atomic E-state index is 13.1.